The summed E-state index contributed by atoms with van der Waals surface area (Å²) >= 11 is 0. The van der Waals surface area contributed by atoms with Gasteiger partial charge in [0.25, 0.3) is 5.91 Å². The summed E-state index contributed by atoms with van der Waals surface area (Å²) in [5, 5.41) is 12.0. The molecule has 3 heterocycles. The van der Waals surface area contributed by atoms with E-state index in [-0.39, 0.29) is 28.4 Å². The van der Waals surface area contributed by atoms with Crippen LogP contribution >= 0.6 is 0 Å². The lowest BCUT2D eigenvalue weighted by Crippen LogP contribution is -2.17. The van der Waals surface area contributed by atoms with E-state index in [0.29, 0.717) is 10.1 Å². The monoisotopic (exact) mass is 494 g/mol. The minimum atomic E-state index is -4.77. The molecule has 3 aromatic heterocycles. The van der Waals surface area contributed by atoms with Crippen LogP contribution in [0.1, 0.15) is 26.7 Å². The van der Waals surface area contributed by atoms with Crippen LogP contribution < -0.4 is 5.32 Å². The second-order valence-electron chi connectivity index (χ2n) is 7.86. The van der Waals surface area contributed by atoms with E-state index in [9.17, 15) is 22.8 Å². The van der Waals surface area contributed by atoms with Crippen LogP contribution in [0.5, 0.6) is 0 Å². The second kappa shape index (κ2) is 8.48. The van der Waals surface area contributed by atoms with Crippen molar-refractivity contribution in [2.45, 2.75) is 6.18 Å². The van der Waals surface area contributed by atoms with Crippen LogP contribution in [0.15, 0.2) is 60.8 Å². The van der Waals surface area contributed by atoms with E-state index in [1.54, 1.807) is 18.2 Å². The number of esters is 1. The van der Waals surface area contributed by atoms with E-state index in [1.807, 2.05) is 24.3 Å². The minimum Gasteiger partial charge on any atom is -0.464 e. The van der Waals surface area contributed by atoms with Crippen LogP contribution in [0.4, 0.5) is 18.9 Å². The topological polar surface area (TPSA) is 103 Å². The Morgan fingerprint density at radius 2 is 1.78 bits per heavy atom. The average Bonchev–Trinajstić information content (AvgIpc) is 3.45. The van der Waals surface area contributed by atoms with Gasteiger partial charge in [-0.05, 0) is 22.9 Å². The molecule has 2 aromatic carbocycles. The number of alkyl halides is 3. The number of rotatable bonds is 4. The van der Waals surface area contributed by atoms with Gasteiger partial charge in [0.2, 0.25) is 0 Å². The maximum Gasteiger partial charge on any atom is 0.433 e. The van der Waals surface area contributed by atoms with E-state index in [1.165, 1.54) is 25.0 Å². The van der Waals surface area contributed by atoms with Crippen molar-refractivity contribution in [3.05, 3.63) is 77.9 Å². The molecule has 12 heteroatoms. The van der Waals surface area contributed by atoms with Gasteiger partial charge >= 0.3 is 12.1 Å². The quantitative estimate of drug-likeness (QED) is 0.373. The molecule has 9 nitrogen and oxygen atoms in total. The number of fused-ring (bicyclic) bond motifs is 2. The lowest BCUT2D eigenvalue weighted by Gasteiger charge is -2.11. The third kappa shape index (κ3) is 4.02. The molecule has 182 valence electrons. The predicted octanol–water partition coefficient (Wildman–Crippen LogP) is 4.34. The van der Waals surface area contributed by atoms with Crippen molar-refractivity contribution in [2.75, 3.05) is 12.4 Å². The summed E-state index contributed by atoms with van der Waals surface area (Å²) in [6.45, 7) is 0. The average molecular weight is 494 g/mol. The van der Waals surface area contributed by atoms with Crippen LogP contribution in [0.25, 0.3) is 27.7 Å². The van der Waals surface area contributed by atoms with Gasteiger partial charge in [-0.1, -0.05) is 36.4 Å². The van der Waals surface area contributed by atoms with Crippen molar-refractivity contribution < 1.29 is 27.5 Å². The van der Waals surface area contributed by atoms with Gasteiger partial charge in [0.05, 0.1) is 24.7 Å². The number of anilines is 1. The van der Waals surface area contributed by atoms with Crippen molar-refractivity contribution in [1.82, 2.24) is 24.4 Å². The molecule has 0 saturated heterocycles. The Kier molecular flexibility index (Phi) is 5.43. The number of aryl methyl sites for hydroxylation is 1. The lowest BCUT2D eigenvalue weighted by atomic mass is 10.0. The van der Waals surface area contributed by atoms with Crippen LogP contribution in [0.2, 0.25) is 0 Å². The molecule has 1 amide bonds. The Labute approximate surface area is 201 Å². The molecule has 0 bridgehead atoms. The summed E-state index contributed by atoms with van der Waals surface area (Å²) < 4.78 is 48.3. The largest absolute Gasteiger partial charge is 0.464 e. The van der Waals surface area contributed by atoms with Gasteiger partial charge in [-0.3, -0.25) is 9.48 Å². The highest BCUT2D eigenvalue weighted by molar-refractivity contribution is 6.06. The summed E-state index contributed by atoms with van der Waals surface area (Å²) in [4.78, 5) is 29.2. The van der Waals surface area contributed by atoms with Crippen molar-refractivity contribution >= 4 is 34.0 Å². The van der Waals surface area contributed by atoms with E-state index in [2.05, 4.69) is 25.2 Å². The zero-order chi connectivity index (χ0) is 25.6. The minimum absolute atomic E-state index is 0.0206. The van der Waals surface area contributed by atoms with Crippen molar-refractivity contribution in [1.29, 1.82) is 0 Å². The Hall–Kier alpha value is -4.74. The zero-order valence-corrected chi connectivity index (χ0v) is 18.9. The van der Waals surface area contributed by atoms with Crippen molar-refractivity contribution in [2.24, 2.45) is 7.05 Å². The van der Waals surface area contributed by atoms with Gasteiger partial charge in [-0.25, -0.2) is 14.3 Å². The molecule has 1 N–H and O–H groups in total. The molecule has 0 unspecified atom stereocenters. The number of benzene rings is 2. The number of carbonyl (C=O) groups excluding carboxylic acids is 2. The maximum absolute atomic E-state index is 14.0. The number of carbonyl (C=O) groups is 2. The second-order valence-corrected chi connectivity index (χ2v) is 7.86. The summed E-state index contributed by atoms with van der Waals surface area (Å²) in [7, 11) is 2.64. The van der Waals surface area contributed by atoms with Crippen molar-refractivity contribution in [3.8, 4) is 11.3 Å². The number of halogens is 3. The van der Waals surface area contributed by atoms with Crippen LogP contribution in [0, 0.1) is 0 Å². The summed E-state index contributed by atoms with van der Waals surface area (Å²) in [5.74, 6) is -1.60. The molecule has 0 spiro atoms. The fraction of sp³-hybridized carbons (Fsp3) is 0.125. The third-order valence-corrected chi connectivity index (χ3v) is 5.56. The molecule has 0 atom stereocenters. The molecular weight excluding hydrogens is 477 g/mol. The molecule has 0 saturated carbocycles. The Bertz CT molecular complexity index is 1650. The Balaban J connectivity index is 1.58. The first-order valence-electron chi connectivity index (χ1n) is 10.5. The fourth-order valence-corrected chi connectivity index (χ4v) is 3.84. The molecule has 0 aliphatic rings. The highest BCUT2D eigenvalue weighted by Gasteiger charge is 2.36. The SMILES string of the molecule is COC(=O)c1c(NC(=O)c2cc3nc(-c4ccc5ccccc5c4)cc(C(F)(F)F)n3n2)cnn1C. The van der Waals surface area contributed by atoms with E-state index in [4.69, 9.17) is 0 Å². The highest BCUT2D eigenvalue weighted by atomic mass is 19.4. The standard InChI is InChI=1S/C24H17F3N6O3/c1-32-21(23(35)36-2)18(12-28-32)30-22(34)17-11-20-29-16(10-19(24(25,26)27)33(20)31-17)15-8-7-13-5-3-4-6-14(13)9-15/h3-12H,1-2H3,(H,30,34). The first kappa shape index (κ1) is 23.0. The van der Waals surface area contributed by atoms with E-state index >= 15 is 0 Å². The Morgan fingerprint density at radius 3 is 2.50 bits per heavy atom. The molecular formula is C24H17F3N6O3. The predicted molar refractivity (Wildman–Crippen MR) is 123 cm³/mol. The van der Waals surface area contributed by atoms with Crippen molar-refractivity contribution in [3.63, 3.8) is 0 Å². The molecule has 0 fully saturated rings. The first-order valence-corrected chi connectivity index (χ1v) is 10.5. The number of nitrogens with one attached hydrogen (secondary N) is 1. The maximum atomic E-state index is 14.0. The number of ether oxygens (including phenoxy) is 1. The molecule has 0 aliphatic carbocycles. The van der Waals surface area contributed by atoms with Gasteiger partial charge < -0.3 is 10.1 Å². The first-order chi connectivity index (χ1) is 17.2. The normalized spacial score (nSPS) is 11.7. The van der Waals surface area contributed by atoms with E-state index in [0.717, 1.165) is 22.9 Å². The number of nitrogens with zero attached hydrogens (tertiary/aromatic N) is 5. The number of hydrogen-bond acceptors (Lipinski definition) is 6. The number of hydrogen-bond donors (Lipinski definition) is 1. The van der Waals surface area contributed by atoms with E-state index < -0.39 is 23.7 Å². The number of aromatic nitrogens is 5. The van der Waals surface area contributed by atoms with Crippen LogP contribution in [-0.4, -0.2) is 43.4 Å². The van der Waals surface area contributed by atoms with Gasteiger partial charge in [0.15, 0.2) is 22.7 Å². The van der Waals surface area contributed by atoms with Gasteiger partial charge in [-0.2, -0.15) is 23.4 Å². The third-order valence-electron chi connectivity index (χ3n) is 5.56. The smallest absolute Gasteiger partial charge is 0.433 e. The Morgan fingerprint density at radius 1 is 1.03 bits per heavy atom. The number of amides is 1. The summed E-state index contributed by atoms with van der Waals surface area (Å²) in [6, 6.07) is 14.7. The molecule has 36 heavy (non-hydrogen) atoms. The van der Waals surface area contributed by atoms with Gasteiger partial charge in [0.1, 0.15) is 0 Å². The van der Waals surface area contributed by atoms with Gasteiger partial charge in [-0.15, -0.1) is 0 Å². The molecule has 5 aromatic rings. The van der Waals surface area contributed by atoms with Gasteiger partial charge in [0, 0.05) is 18.7 Å². The number of methoxy groups -OCH3 is 1. The molecule has 0 aliphatic heterocycles. The summed E-state index contributed by atoms with van der Waals surface area (Å²) in [6.07, 6.45) is -3.55. The summed E-state index contributed by atoms with van der Waals surface area (Å²) in [5.41, 5.74) is -1.05. The lowest BCUT2D eigenvalue weighted by molar-refractivity contribution is -0.142. The van der Waals surface area contributed by atoms with Crippen LogP contribution in [-0.2, 0) is 18.0 Å². The molecule has 0 radical (unpaired) electrons. The van der Waals surface area contributed by atoms with Crippen LogP contribution in [0.3, 0.4) is 0 Å². The molecule has 5 rings (SSSR count). The zero-order valence-electron chi connectivity index (χ0n) is 18.9. The highest BCUT2D eigenvalue weighted by Crippen LogP contribution is 2.33. The fourth-order valence-electron chi connectivity index (χ4n) is 3.84.